The molecule has 0 bridgehead atoms. The van der Waals surface area contributed by atoms with Gasteiger partial charge in [0.15, 0.2) is 0 Å². The van der Waals surface area contributed by atoms with Gasteiger partial charge in [0.05, 0.1) is 6.04 Å². The first-order chi connectivity index (χ1) is 12.7. The van der Waals surface area contributed by atoms with Crippen molar-refractivity contribution in [2.75, 3.05) is 0 Å². The molecule has 0 aliphatic carbocycles. The van der Waals surface area contributed by atoms with Crippen molar-refractivity contribution in [2.45, 2.75) is 39.8 Å². The molecule has 0 aliphatic rings. The van der Waals surface area contributed by atoms with E-state index >= 15 is 0 Å². The Bertz CT molecular complexity index is 837. The van der Waals surface area contributed by atoms with E-state index in [1.165, 1.54) is 0 Å². The highest BCUT2D eigenvalue weighted by atomic mass is 19.1. The summed E-state index contributed by atoms with van der Waals surface area (Å²) in [6.45, 7) is 6.98. The Morgan fingerprint density at radius 1 is 0.963 bits per heavy atom. The molecule has 2 atom stereocenters. The largest absolute Gasteiger partial charge is 0.348 e. The van der Waals surface area contributed by atoms with Gasteiger partial charge in [-0.1, -0.05) is 32.0 Å². The molecule has 0 radical (unpaired) electrons. The predicted molar refractivity (Wildman–Crippen MR) is 100 cm³/mol. The summed E-state index contributed by atoms with van der Waals surface area (Å²) < 4.78 is 27.3. The lowest BCUT2D eigenvalue weighted by Gasteiger charge is -2.24. The molecule has 2 unspecified atom stereocenters. The summed E-state index contributed by atoms with van der Waals surface area (Å²) in [6.07, 6.45) is 0. The maximum absolute atomic E-state index is 13.9. The molecule has 4 nitrogen and oxygen atoms in total. The van der Waals surface area contributed by atoms with Crippen molar-refractivity contribution in [1.29, 1.82) is 0 Å². The van der Waals surface area contributed by atoms with Crippen LogP contribution in [0.5, 0.6) is 0 Å². The Kier molecular flexibility index (Phi) is 6.66. The molecule has 0 heterocycles. The number of carbonyl (C=O) groups is 2. The van der Waals surface area contributed by atoms with E-state index in [1.807, 2.05) is 19.1 Å². The average Bonchev–Trinajstić information content (AvgIpc) is 2.61. The number of hydrogen-bond acceptors (Lipinski definition) is 2. The van der Waals surface area contributed by atoms with Gasteiger partial charge in [0.1, 0.15) is 17.7 Å². The van der Waals surface area contributed by atoms with Crippen molar-refractivity contribution in [3.63, 3.8) is 0 Å². The number of hydrogen-bond donors (Lipinski definition) is 2. The number of amides is 2. The van der Waals surface area contributed by atoms with Crippen LogP contribution in [0.2, 0.25) is 0 Å². The molecular weight excluding hydrogens is 350 g/mol. The van der Waals surface area contributed by atoms with Gasteiger partial charge in [0, 0.05) is 11.1 Å². The topological polar surface area (TPSA) is 58.2 Å². The zero-order chi connectivity index (χ0) is 20.1. The van der Waals surface area contributed by atoms with Crippen LogP contribution >= 0.6 is 0 Å². The minimum atomic E-state index is -0.809. The number of halogens is 2. The van der Waals surface area contributed by atoms with Gasteiger partial charge in [-0.2, -0.15) is 0 Å². The third kappa shape index (κ3) is 5.12. The van der Waals surface area contributed by atoms with Crippen LogP contribution in [0, 0.1) is 24.5 Å². The molecule has 2 aromatic rings. The summed E-state index contributed by atoms with van der Waals surface area (Å²) in [5, 5.41) is 5.39. The summed E-state index contributed by atoms with van der Waals surface area (Å²) >= 11 is 0. The maximum atomic E-state index is 13.9. The first-order valence-corrected chi connectivity index (χ1v) is 8.82. The summed E-state index contributed by atoms with van der Waals surface area (Å²) in [6, 6.07) is 8.62. The minimum Gasteiger partial charge on any atom is -0.348 e. The summed E-state index contributed by atoms with van der Waals surface area (Å²) in [4.78, 5) is 25.2. The van der Waals surface area contributed by atoms with Crippen LogP contribution in [0.3, 0.4) is 0 Å². The van der Waals surface area contributed by atoms with Crippen LogP contribution in [-0.4, -0.2) is 17.9 Å². The molecule has 0 fully saturated rings. The van der Waals surface area contributed by atoms with Gasteiger partial charge in [-0.3, -0.25) is 9.59 Å². The molecular formula is C21H24F2N2O2. The fourth-order valence-corrected chi connectivity index (χ4v) is 2.81. The minimum absolute atomic E-state index is 0.0519. The van der Waals surface area contributed by atoms with Gasteiger partial charge >= 0.3 is 0 Å². The molecule has 2 amide bonds. The highest BCUT2D eigenvalue weighted by molar-refractivity contribution is 5.98. The van der Waals surface area contributed by atoms with Gasteiger partial charge < -0.3 is 10.6 Å². The fourth-order valence-electron chi connectivity index (χ4n) is 2.81. The summed E-state index contributed by atoms with van der Waals surface area (Å²) in [7, 11) is 0. The Balaban J connectivity index is 2.14. The second-order valence-electron chi connectivity index (χ2n) is 6.91. The van der Waals surface area contributed by atoms with E-state index < -0.39 is 29.6 Å². The van der Waals surface area contributed by atoms with Gasteiger partial charge in [-0.05, 0) is 49.6 Å². The number of carbonyl (C=O) groups excluding carboxylic acids is 2. The summed E-state index contributed by atoms with van der Waals surface area (Å²) in [5.41, 5.74) is 1.34. The number of nitrogens with one attached hydrogen (secondary N) is 2. The molecule has 0 saturated heterocycles. The second-order valence-corrected chi connectivity index (χ2v) is 6.91. The number of aryl methyl sites for hydroxylation is 1. The second kappa shape index (κ2) is 8.75. The Hall–Kier alpha value is -2.76. The van der Waals surface area contributed by atoms with Crippen LogP contribution in [0.1, 0.15) is 48.3 Å². The third-order valence-electron chi connectivity index (χ3n) is 4.41. The molecule has 2 rings (SSSR count). The number of rotatable bonds is 6. The van der Waals surface area contributed by atoms with Crippen molar-refractivity contribution in [3.05, 3.63) is 70.8 Å². The molecule has 0 aliphatic heterocycles. The SMILES string of the molecule is Cc1ccccc1C(=O)NC(C(=O)NC(C)c1cc(F)ccc1F)C(C)C. The lowest BCUT2D eigenvalue weighted by Crippen LogP contribution is -2.50. The fraction of sp³-hybridized carbons (Fsp3) is 0.333. The van der Waals surface area contributed by atoms with Crippen molar-refractivity contribution >= 4 is 11.8 Å². The standard InChI is InChI=1S/C21H24F2N2O2/c1-12(2)19(25-20(26)16-8-6-5-7-13(16)3)21(27)24-14(4)17-11-15(22)9-10-18(17)23/h5-12,14,19H,1-4H3,(H,24,27)(H,25,26). The first kappa shape index (κ1) is 20.6. The van der Waals surface area contributed by atoms with Crippen molar-refractivity contribution in [3.8, 4) is 0 Å². The molecule has 0 spiro atoms. The highest BCUT2D eigenvalue weighted by Crippen LogP contribution is 2.19. The quantitative estimate of drug-likeness (QED) is 0.806. The first-order valence-electron chi connectivity index (χ1n) is 8.82. The predicted octanol–water partition coefficient (Wildman–Crippen LogP) is 3.91. The molecule has 0 saturated carbocycles. The smallest absolute Gasteiger partial charge is 0.252 e. The van der Waals surface area contributed by atoms with E-state index in [0.29, 0.717) is 5.56 Å². The normalized spacial score (nSPS) is 13.1. The van der Waals surface area contributed by atoms with E-state index in [9.17, 15) is 18.4 Å². The molecule has 6 heteroatoms. The van der Waals surface area contributed by atoms with Crippen LogP contribution in [-0.2, 0) is 4.79 Å². The van der Waals surface area contributed by atoms with E-state index in [2.05, 4.69) is 10.6 Å². The van der Waals surface area contributed by atoms with E-state index in [4.69, 9.17) is 0 Å². The Morgan fingerprint density at radius 3 is 2.26 bits per heavy atom. The van der Waals surface area contributed by atoms with Crippen molar-refractivity contribution < 1.29 is 18.4 Å². The third-order valence-corrected chi connectivity index (χ3v) is 4.41. The van der Waals surface area contributed by atoms with E-state index in [1.54, 1.807) is 32.9 Å². The molecule has 27 heavy (non-hydrogen) atoms. The Morgan fingerprint density at radius 2 is 1.63 bits per heavy atom. The van der Waals surface area contributed by atoms with Gasteiger partial charge in [0.2, 0.25) is 5.91 Å². The van der Waals surface area contributed by atoms with Gasteiger partial charge in [-0.15, -0.1) is 0 Å². The van der Waals surface area contributed by atoms with Crippen LogP contribution in [0.15, 0.2) is 42.5 Å². The van der Waals surface area contributed by atoms with Gasteiger partial charge in [-0.25, -0.2) is 8.78 Å². The van der Waals surface area contributed by atoms with Gasteiger partial charge in [0.25, 0.3) is 5.91 Å². The van der Waals surface area contributed by atoms with Crippen LogP contribution in [0.25, 0.3) is 0 Å². The molecule has 2 aromatic carbocycles. The molecule has 0 aromatic heterocycles. The lowest BCUT2D eigenvalue weighted by molar-refractivity contribution is -0.124. The zero-order valence-corrected chi connectivity index (χ0v) is 15.8. The average molecular weight is 374 g/mol. The van der Waals surface area contributed by atoms with Crippen LogP contribution < -0.4 is 10.6 Å². The van der Waals surface area contributed by atoms with Crippen molar-refractivity contribution in [2.24, 2.45) is 5.92 Å². The highest BCUT2D eigenvalue weighted by Gasteiger charge is 2.27. The lowest BCUT2D eigenvalue weighted by atomic mass is 10.0. The van der Waals surface area contributed by atoms with Crippen molar-refractivity contribution in [1.82, 2.24) is 10.6 Å². The van der Waals surface area contributed by atoms with E-state index in [-0.39, 0.29) is 17.4 Å². The number of benzene rings is 2. The summed E-state index contributed by atoms with van der Waals surface area (Å²) in [5.74, 6) is -2.19. The molecule has 144 valence electrons. The molecule has 2 N–H and O–H groups in total. The zero-order valence-electron chi connectivity index (χ0n) is 15.8. The Labute approximate surface area is 158 Å². The van der Waals surface area contributed by atoms with Crippen LogP contribution in [0.4, 0.5) is 8.78 Å². The van der Waals surface area contributed by atoms with E-state index in [0.717, 1.165) is 23.8 Å². The maximum Gasteiger partial charge on any atom is 0.252 e. The monoisotopic (exact) mass is 374 g/mol.